The second kappa shape index (κ2) is 13.2. The van der Waals surface area contributed by atoms with Gasteiger partial charge >= 0.3 is 5.97 Å². The molecule has 0 saturated carbocycles. The number of amides is 1. The number of halogens is 1. The number of nitrogens with zero attached hydrogens (tertiary/aromatic N) is 2. The van der Waals surface area contributed by atoms with E-state index in [9.17, 15) is 14.4 Å². The Hall–Kier alpha value is -3.90. The molecule has 0 fully saturated rings. The lowest BCUT2D eigenvalue weighted by Crippen LogP contribution is -2.40. The molecule has 1 aromatic heterocycles. The van der Waals surface area contributed by atoms with Crippen molar-refractivity contribution in [3.63, 3.8) is 0 Å². The van der Waals surface area contributed by atoms with Crippen LogP contribution in [0.3, 0.4) is 0 Å². The number of allylic oxidation sites excluding steroid dienone is 1. The van der Waals surface area contributed by atoms with E-state index in [4.69, 9.17) is 24.7 Å². The highest BCUT2D eigenvalue weighted by molar-refractivity contribution is 9.10. The van der Waals surface area contributed by atoms with Crippen molar-refractivity contribution in [2.24, 2.45) is 10.7 Å². The molecule has 3 aromatic rings. The molecule has 0 bridgehead atoms. The molecule has 2 aromatic carbocycles. The number of benzene rings is 2. The average molecular weight is 645 g/mol. The lowest BCUT2D eigenvalue weighted by molar-refractivity contribution is -0.139. The monoisotopic (exact) mass is 643 g/mol. The number of nitrogens with two attached hydrogens (primary N) is 1. The van der Waals surface area contributed by atoms with Gasteiger partial charge in [-0.1, -0.05) is 36.5 Å². The highest BCUT2D eigenvalue weighted by atomic mass is 79.9. The Bertz CT molecular complexity index is 1690. The zero-order valence-electron chi connectivity index (χ0n) is 23.1. The minimum atomic E-state index is -0.856. The first-order valence-electron chi connectivity index (χ1n) is 12.9. The first-order valence-corrected chi connectivity index (χ1v) is 14.5. The molecule has 1 atom stereocenters. The number of fused-ring (bicyclic) bond motifs is 1. The van der Waals surface area contributed by atoms with Gasteiger partial charge < -0.3 is 24.7 Å². The average Bonchev–Trinajstić information content (AvgIpc) is 3.24. The second-order valence-corrected chi connectivity index (χ2v) is 10.8. The quantitative estimate of drug-likeness (QED) is 0.317. The number of para-hydroxylation sites is 1. The number of rotatable bonds is 11. The maximum atomic E-state index is 14.0. The summed E-state index contributed by atoms with van der Waals surface area (Å²) >= 11 is 4.64. The van der Waals surface area contributed by atoms with E-state index in [0.717, 1.165) is 6.42 Å². The molecule has 0 aliphatic carbocycles. The number of hydrogen-bond donors (Lipinski definition) is 1. The van der Waals surface area contributed by atoms with Crippen LogP contribution < -0.4 is 34.8 Å². The zero-order valence-corrected chi connectivity index (χ0v) is 25.5. The van der Waals surface area contributed by atoms with Gasteiger partial charge in [-0.05, 0) is 66.0 Å². The maximum Gasteiger partial charge on any atom is 0.338 e. The van der Waals surface area contributed by atoms with E-state index in [1.54, 1.807) is 57.4 Å². The van der Waals surface area contributed by atoms with Gasteiger partial charge in [0.25, 0.3) is 11.5 Å². The standard InChI is InChI=1S/C29H30BrN3O7S/c1-5-12-39-26-18(8-7-9-21(26)37-4)25-24(28(36)38-6-2)16(3)32-29-33(25)27(35)22(41-29)14-17-10-11-20(19(30)13-17)40-15-23(31)34/h7-11,13-14,25H,5-6,12,15H2,1-4H3,(H2,31,34)/b22-14+/t25-/m1/s1. The topological polar surface area (TPSA) is 131 Å². The third-order valence-electron chi connectivity index (χ3n) is 6.12. The van der Waals surface area contributed by atoms with Crippen LogP contribution in [-0.2, 0) is 14.3 Å². The fourth-order valence-corrected chi connectivity index (χ4v) is 5.93. The SMILES string of the molecule is CCCOc1c(OC)cccc1[C@@H]1C(C(=O)OCC)=C(C)N=c2s/c(=C/c3ccc(OCC(N)=O)c(Br)c3)c(=O)n21. The molecule has 0 spiro atoms. The molecule has 1 amide bonds. The summed E-state index contributed by atoms with van der Waals surface area (Å²) in [7, 11) is 1.54. The van der Waals surface area contributed by atoms with Crippen molar-refractivity contribution in [1.29, 1.82) is 0 Å². The lowest BCUT2D eigenvalue weighted by atomic mass is 9.94. The molecule has 10 nitrogen and oxygen atoms in total. The van der Waals surface area contributed by atoms with Gasteiger partial charge in [0, 0.05) is 5.56 Å². The van der Waals surface area contributed by atoms with Gasteiger partial charge in [-0.3, -0.25) is 14.2 Å². The number of hydrogen-bond acceptors (Lipinski definition) is 9. The Kier molecular flexibility index (Phi) is 9.66. The fraction of sp³-hybridized carbons (Fsp3) is 0.310. The number of aromatic nitrogens is 1. The van der Waals surface area contributed by atoms with E-state index >= 15 is 0 Å². The molecule has 1 aliphatic rings. The zero-order chi connectivity index (χ0) is 29.7. The van der Waals surface area contributed by atoms with Crippen LogP contribution >= 0.6 is 27.3 Å². The molecule has 12 heteroatoms. The molecule has 1 aliphatic heterocycles. The van der Waals surface area contributed by atoms with Gasteiger partial charge in [-0.2, -0.15) is 0 Å². The van der Waals surface area contributed by atoms with Gasteiger partial charge in [-0.25, -0.2) is 9.79 Å². The molecular formula is C29H30BrN3O7S. The third-order valence-corrected chi connectivity index (χ3v) is 7.72. The molecule has 41 heavy (non-hydrogen) atoms. The summed E-state index contributed by atoms with van der Waals surface area (Å²) in [6.45, 7) is 5.76. The number of ether oxygens (including phenoxy) is 4. The minimum absolute atomic E-state index is 0.165. The highest BCUT2D eigenvalue weighted by Gasteiger charge is 2.36. The van der Waals surface area contributed by atoms with E-state index < -0.39 is 17.9 Å². The Labute approximate surface area is 248 Å². The summed E-state index contributed by atoms with van der Waals surface area (Å²) in [6.07, 6.45) is 2.48. The van der Waals surface area contributed by atoms with E-state index in [-0.39, 0.29) is 24.3 Å². The summed E-state index contributed by atoms with van der Waals surface area (Å²) in [5.74, 6) is 0.221. The summed E-state index contributed by atoms with van der Waals surface area (Å²) in [5.41, 5.74) is 6.83. The van der Waals surface area contributed by atoms with Crippen molar-refractivity contribution >= 4 is 45.2 Å². The predicted octanol–water partition coefficient (Wildman–Crippen LogP) is 3.22. The van der Waals surface area contributed by atoms with Crippen LogP contribution in [0.2, 0.25) is 0 Å². The van der Waals surface area contributed by atoms with Crippen LogP contribution in [0.4, 0.5) is 0 Å². The Morgan fingerprint density at radius 1 is 1.17 bits per heavy atom. The molecular weight excluding hydrogens is 614 g/mol. The molecule has 4 rings (SSSR count). The van der Waals surface area contributed by atoms with Crippen molar-refractivity contribution < 1.29 is 28.5 Å². The van der Waals surface area contributed by atoms with Crippen molar-refractivity contribution in [2.45, 2.75) is 33.2 Å². The summed E-state index contributed by atoms with van der Waals surface area (Å²) in [4.78, 5) is 43.4. The minimum Gasteiger partial charge on any atom is -0.493 e. The fourth-order valence-electron chi connectivity index (χ4n) is 4.38. The lowest BCUT2D eigenvalue weighted by Gasteiger charge is -2.27. The van der Waals surface area contributed by atoms with Gasteiger partial charge in [0.2, 0.25) is 0 Å². The molecule has 0 unspecified atom stereocenters. The summed E-state index contributed by atoms with van der Waals surface area (Å²) in [5, 5.41) is 0. The van der Waals surface area contributed by atoms with Crippen molar-refractivity contribution in [3.8, 4) is 17.2 Å². The third kappa shape index (κ3) is 6.38. The highest BCUT2D eigenvalue weighted by Crippen LogP contribution is 2.41. The number of carbonyl (C=O) groups excluding carboxylic acids is 2. The predicted molar refractivity (Wildman–Crippen MR) is 158 cm³/mol. The van der Waals surface area contributed by atoms with Crippen molar-refractivity contribution in [1.82, 2.24) is 4.57 Å². The van der Waals surface area contributed by atoms with Gasteiger partial charge in [0.15, 0.2) is 22.9 Å². The van der Waals surface area contributed by atoms with E-state index in [0.29, 0.717) is 54.5 Å². The number of thiazole rings is 1. The molecule has 216 valence electrons. The Morgan fingerprint density at radius 2 is 1.95 bits per heavy atom. The first-order chi connectivity index (χ1) is 19.7. The normalized spacial score (nSPS) is 14.8. The number of esters is 1. The number of primary amides is 1. The van der Waals surface area contributed by atoms with E-state index in [2.05, 4.69) is 20.9 Å². The van der Waals surface area contributed by atoms with Gasteiger partial charge in [0.05, 0.1) is 40.6 Å². The maximum absolute atomic E-state index is 14.0. The van der Waals surface area contributed by atoms with Crippen LogP contribution in [0.1, 0.15) is 44.4 Å². The first kappa shape index (κ1) is 30.1. The van der Waals surface area contributed by atoms with Gasteiger partial charge in [0.1, 0.15) is 11.8 Å². The van der Waals surface area contributed by atoms with Crippen molar-refractivity contribution in [2.75, 3.05) is 26.9 Å². The molecule has 0 radical (unpaired) electrons. The van der Waals surface area contributed by atoms with Crippen LogP contribution in [0, 0.1) is 0 Å². The molecule has 2 heterocycles. The molecule has 2 N–H and O–H groups in total. The Balaban J connectivity index is 1.91. The Morgan fingerprint density at radius 3 is 2.61 bits per heavy atom. The second-order valence-electron chi connectivity index (χ2n) is 8.97. The summed E-state index contributed by atoms with van der Waals surface area (Å²) in [6, 6.07) is 9.72. The molecule has 0 saturated heterocycles. The van der Waals surface area contributed by atoms with Crippen LogP contribution in [0.25, 0.3) is 6.08 Å². The van der Waals surface area contributed by atoms with Crippen molar-refractivity contribution in [3.05, 3.63) is 83.0 Å². The van der Waals surface area contributed by atoms with Crippen LogP contribution in [0.5, 0.6) is 17.2 Å². The van der Waals surface area contributed by atoms with Crippen LogP contribution in [-0.4, -0.2) is 43.4 Å². The van der Waals surface area contributed by atoms with E-state index in [1.165, 1.54) is 15.9 Å². The smallest absolute Gasteiger partial charge is 0.338 e. The number of methoxy groups -OCH3 is 1. The largest absolute Gasteiger partial charge is 0.493 e. The van der Waals surface area contributed by atoms with Crippen LogP contribution in [0.15, 0.2) is 61.9 Å². The van der Waals surface area contributed by atoms with Gasteiger partial charge in [-0.15, -0.1) is 0 Å². The number of carbonyl (C=O) groups is 2. The van der Waals surface area contributed by atoms with E-state index in [1.807, 2.05) is 13.0 Å². The summed E-state index contributed by atoms with van der Waals surface area (Å²) < 4.78 is 25.0.